The van der Waals surface area contributed by atoms with Crippen LogP contribution in [0, 0.1) is 5.92 Å². The van der Waals surface area contributed by atoms with Gasteiger partial charge in [-0.1, -0.05) is 33.1 Å². The average molecular weight is 243 g/mol. The van der Waals surface area contributed by atoms with Crippen LogP contribution in [-0.4, -0.2) is 18.6 Å². The molecule has 2 atom stereocenters. The highest BCUT2D eigenvalue weighted by atomic mass is 16.5. The second kappa shape index (κ2) is 10.6. The fourth-order valence-corrected chi connectivity index (χ4v) is 1.75. The molecule has 0 aliphatic carbocycles. The van der Waals surface area contributed by atoms with Crippen LogP contribution in [0.4, 0.5) is 0 Å². The Balaban J connectivity index is 3.58. The lowest BCUT2D eigenvalue weighted by atomic mass is 10.0. The highest BCUT2D eigenvalue weighted by Crippen LogP contribution is 2.13. The van der Waals surface area contributed by atoms with Gasteiger partial charge in [0.2, 0.25) is 0 Å². The van der Waals surface area contributed by atoms with E-state index in [9.17, 15) is 4.79 Å². The molecule has 0 spiro atoms. The summed E-state index contributed by atoms with van der Waals surface area (Å²) in [5, 5.41) is 0. The minimum absolute atomic E-state index is 0.0689. The van der Waals surface area contributed by atoms with E-state index in [0.29, 0.717) is 18.9 Å². The molecule has 3 nitrogen and oxygen atoms in total. The normalized spacial score (nSPS) is 14.4. The smallest absolute Gasteiger partial charge is 0.305 e. The molecule has 0 radical (unpaired) electrons. The zero-order valence-electron chi connectivity index (χ0n) is 11.7. The summed E-state index contributed by atoms with van der Waals surface area (Å²) in [7, 11) is 0. The van der Waals surface area contributed by atoms with Crippen molar-refractivity contribution in [3.05, 3.63) is 0 Å². The van der Waals surface area contributed by atoms with Gasteiger partial charge in [0.15, 0.2) is 0 Å². The van der Waals surface area contributed by atoms with Crippen molar-refractivity contribution in [3.8, 4) is 0 Å². The standard InChI is InChI=1S/C14H29NO2/c1-4-6-9-13(5-2)11-17-14(16)10-7-8-12(3)15/h12-13H,4-11,15H2,1-3H3. The van der Waals surface area contributed by atoms with Crippen molar-refractivity contribution in [1.29, 1.82) is 0 Å². The predicted octanol–water partition coefficient (Wildman–Crippen LogP) is 3.26. The van der Waals surface area contributed by atoms with Crippen LogP contribution in [0.3, 0.4) is 0 Å². The summed E-state index contributed by atoms with van der Waals surface area (Å²) in [6.45, 7) is 6.90. The number of carbonyl (C=O) groups is 1. The molecular formula is C14H29NO2. The molecule has 0 saturated carbocycles. The third kappa shape index (κ3) is 10.3. The van der Waals surface area contributed by atoms with Crippen molar-refractivity contribution >= 4 is 5.97 Å². The Hall–Kier alpha value is -0.570. The minimum atomic E-state index is -0.0689. The van der Waals surface area contributed by atoms with Crippen molar-refractivity contribution in [2.75, 3.05) is 6.61 Å². The zero-order valence-corrected chi connectivity index (χ0v) is 11.7. The molecule has 0 aliphatic heterocycles. The molecular weight excluding hydrogens is 214 g/mol. The molecule has 2 unspecified atom stereocenters. The number of hydrogen-bond donors (Lipinski definition) is 1. The largest absolute Gasteiger partial charge is 0.465 e. The number of unbranched alkanes of at least 4 members (excludes halogenated alkanes) is 1. The summed E-state index contributed by atoms with van der Waals surface area (Å²) >= 11 is 0. The molecule has 0 amide bonds. The third-order valence-corrected chi connectivity index (χ3v) is 3.06. The lowest BCUT2D eigenvalue weighted by Crippen LogP contribution is -2.16. The fourth-order valence-electron chi connectivity index (χ4n) is 1.75. The Kier molecular flexibility index (Phi) is 10.2. The van der Waals surface area contributed by atoms with Crippen LogP contribution in [0.25, 0.3) is 0 Å². The van der Waals surface area contributed by atoms with Crippen molar-refractivity contribution < 1.29 is 9.53 Å². The van der Waals surface area contributed by atoms with Gasteiger partial charge in [-0.05, 0) is 32.1 Å². The van der Waals surface area contributed by atoms with Crippen LogP contribution >= 0.6 is 0 Å². The number of esters is 1. The Morgan fingerprint density at radius 3 is 2.47 bits per heavy atom. The van der Waals surface area contributed by atoms with Gasteiger partial charge < -0.3 is 10.5 Å². The van der Waals surface area contributed by atoms with Crippen LogP contribution in [0.15, 0.2) is 0 Å². The summed E-state index contributed by atoms with van der Waals surface area (Å²) in [4.78, 5) is 11.5. The minimum Gasteiger partial charge on any atom is -0.465 e. The second-order valence-corrected chi connectivity index (χ2v) is 4.97. The Labute approximate surface area is 106 Å². The van der Waals surface area contributed by atoms with Gasteiger partial charge in [0, 0.05) is 12.5 Å². The molecule has 0 rings (SSSR count). The first kappa shape index (κ1) is 16.4. The van der Waals surface area contributed by atoms with Crippen molar-refractivity contribution in [2.24, 2.45) is 11.7 Å². The molecule has 0 aliphatic rings. The number of ether oxygens (including phenoxy) is 1. The highest BCUT2D eigenvalue weighted by Gasteiger charge is 2.10. The number of rotatable bonds is 10. The first-order valence-electron chi connectivity index (χ1n) is 7.01. The van der Waals surface area contributed by atoms with E-state index < -0.39 is 0 Å². The lowest BCUT2D eigenvalue weighted by molar-refractivity contribution is -0.145. The molecule has 17 heavy (non-hydrogen) atoms. The van der Waals surface area contributed by atoms with Gasteiger partial charge in [-0.3, -0.25) is 4.79 Å². The molecule has 0 heterocycles. The van der Waals surface area contributed by atoms with Gasteiger partial charge in [0.1, 0.15) is 0 Å². The van der Waals surface area contributed by atoms with E-state index in [0.717, 1.165) is 19.3 Å². The molecule has 0 fully saturated rings. The first-order valence-corrected chi connectivity index (χ1v) is 7.01. The van der Waals surface area contributed by atoms with Gasteiger partial charge in [0.05, 0.1) is 6.61 Å². The van der Waals surface area contributed by atoms with Crippen molar-refractivity contribution in [1.82, 2.24) is 0 Å². The quantitative estimate of drug-likeness (QED) is 0.599. The first-order chi connectivity index (χ1) is 8.10. The van der Waals surface area contributed by atoms with Crippen LogP contribution in [-0.2, 0) is 9.53 Å². The van der Waals surface area contributed by atoms with E-state index in [1.54, 1.807) is 0 Å². The van der Waals surface area contributed by atoms with Gasteiger partial charge in [0.25, 0.3) is 0 Å². The lowest BCUT2D eigenvalue weighted by Gasteiger charge is -2.14. The van der Waals surface area contributed by atoms with Crippen LogP contribution in [0.5, 0.6) is 0 Å². The maximum absolute atomic E-state index is 11.5. The van der Waals surface area contributed by atoms with E-state index >= 15 is 0 Å². The van der Waals surface area contributed by atoms with Crippen molar-refractivity contribution in [2.45, 2.75) is 71.8 Å². The second-order valence-electron chi connectivity index (χ2n) is 4.97. The topological polar surface area (TPSA) is 52.3 Å². The average Bonchev–Trinajstić information content (AvgIpc) is 2.29. The van der Waals surface area contributed by atoms with Gasteiger partial charge in [-0.15, -0.1) is 0 Å². The molecule has 0 aromatic carbocycles. The summed E-state index contributed by atoms with van der Waals surface area (Å²) in [5.41, 5.74) is 5.63. The maximum Gasteiger partial charge on any atom is 0.305 e. The zero-order chi connectivity index (χ0) is 13.1. The molecule has 3 heteroatoms. The number of nitrogens with two attached hydrogens (primary N) is 1. The predicted molar refractivity (Wildman–Crippen MR) is 71.8 cm³/mol. The van der Waals surface area contributed by atoms with E-state index in [2.05, 4.69) is 13.8 Å². The Bertz CT molecular complexity index is 193. The maximum atomic E-state index is 11.5. The van der Waals surface area contributed by atoms with Gasteiger partial charge in [-0.2, -0.15) is 0 Å². The van der Waals surface area contributed by atoms with Crippen molar-refractivity contribution in [3.63, 3.8) is 0 Å². The Morgan fingerprint density at radius 2 is 1.94 bits per heavy atom. The summed E-state index contributed by atoms with van der Waals surface area (Å²) in [6.07, 6.45) is 6.92. The van der Waals surface area contributed by atoms with E-state index in [4.69, 9.17) is 10.5 Å². The van der Waals surface area contributed by atoms with Gasteiger partial charge >= 0.3 is 5.97 Å². The SMILES string of the molecule is CCCCC(CC)COC(=O)CCCC(C)N. The fraction of sp³-hybridized carbons (Fsp3) is 0.929. The summed E-state index contributed by atoms with van der Waals surface area (Å²) < 4.78 is 5.29. The van der Waals surface area contributed by atoms with E-state index in [1.165, 1.54) is 19.3 Å². The monoisotopic (exact) mass is 243 g/mol. The molecule has 0 saturated heterocycles. The van der Waals surface area contributed by atoms with Gasteiger partial charge in [-0.25, -0.2) is 0 Å². The molecule has 0 bridgehead atoms. The number of carbonyl (C=O) groups excluding carboxylic acids is 1. The van der Waals surface area contributed by atoms with Crippen LogP contribution in [0.1, 0.15) is 65.7 Å². The highest BCUT2D eigenvalue weighted by molar-refractivity contribution is 5.69. The molecule has 0 aromatic rings. The van der Waals surface area contributed by atoms with E-state index in [-0.39, 0.29) is 12.0 Å². The third-order valence-electron chi connectivity index (χ3n) is 3.06. The summed E-state index contributed by atoms with van der Waals surface area (Å²) in [5.74, 6) is 0.466. The molecule has 102 valence electrons. The molecule has 0 aromatic heterocycles. The van der Waals surface area contributed by atoms with E-state index in [1.807, 2.05) is 6.92 Å². The molecule has 2 N–H and O–H groups in total. The van der Waals surface area contributed by atoms with Crippen LogP contribution in [0.2, 0.25) is 0 Å². The Morgan fingerprint density at radius 1 is 1.24 bits per heavy atom. The number of hydrogen-bond acceptors (Lipinski definition) is 3. The summed E-state index contributed by atoms with van der Waals surface area (Å²) in [6, 6.07) is 0.177. The van der Waals surface area contributed by atoms with Crippen LogP contribution < -0.4 is 5.73 Å².